The normalized spacial score (nSPS) is 17.5. The van der Waals surface area contributed by atoms with Gasteiger partial charge in [0.2, 0.25) is 15.9 Å². The molecule has 292 valence electrons. The van der Waals surface area contributed by atoms with E-state index >= 15 is 0 Å². The van der Waals surface area contributed by atoms with E-state index in [2.05, 4.69) is 15.5 Å². The zero-order chi connectivity index (χ0) is 38.7. The second-order valence-electron chi connectivity index (χ2n) is 14.6. The fraction of sp³-hybridized carbons (Fsp3) is 0.525. The van der Waals surface area contributed by atoms with Crippen LogP contribution < -0.4 is 5.32 Å². The predicted molar refractivity (Wildman–Crippen MR) is 205 cm³/mol. The number of nitroso groups, excluding NO2 is 1. The molecule has 13 nitrogen and oxygen atoms in total. The number of hydrogen-bond acceptors (Lipinski definition) is 9. The average Bonchev–Trinajstić information content (AvgIpc) is 3.81. The van der Waals surface area contributed by atoms with Gasteiger partial charge >= 0.3 is 6.03 Å². The fourth-order valence-corrected chi connectivity index (χ4v) is 9.01. The van der Waals surface area contributed by atoms with Crippen molar-refractivity contribution in [3.63, 3.8) is 0 Å². The Morgan fingerprint density at radius 2 is 1.72 bits per heavy atom. The summed E-state index contributed by atoms with van der Waals surface area (Å²) >= 11 is 0. The molecule has 2 N–H and O–H groups in total. The Hall–Kier alpha value is -4.24. The maximum atomic E-state index is 14.4. The van der Waals surface area contributed by atoms with Crippen LogP contribution in [0.15, 0.2) is 82.9 Å². The number of methoxy groups -OCH3 is 1. The maximum absolute atomic E-state index is 14.4. The lowest BCUT2D eigenvalue weighted by Gasteiger charge is -2.35. The molecular weight excluding hydrogens is 709 g/mol. The first-order chi connectivity index (χ1) is 26.0. The van der Waals surface area contributed by atoms with E-state index in [1.54, 1.807) is 29.0 Å². The molecule has 0 unspecified atom stereocenters. The quantitative estimate of drug-likeness (QED) is 0.150. The van der Waals surface area contributed by atoms with Gasteiger partial charge in [0.15, 0.2) is 0 Å². The molecule has 0 bridgehead atoms. The number of aliphatic hydroxyl groups excluding tert-OH is 1. The van der Waals surface area contributed by atoms with Gasteiger partial charge in [0, 0.05) is 33.3 Å². The van der Waals surface area contributed by atoms with Crippen molar-refractivity contribution < 1.29 is 27.9 Å². The maximum Gasteiger partial charge on any atom is 0.321 e. The number of carbonyl (C=O) groups is 2. The van der Waals surface area contributed by atoms with Gasteiger partial charge in [-0.05, 0) is 66.5 Å². The molecule has 2 aromatic carbocycles. The van der Waals surface area contributed by atoms with Crippen LogP contribution in [-0.4, -0.2) is 96.0 Å². The summed E-state index contributed by atoms with van der Waals surface area (Å²) in [6.07, 6.45) is 3.41. The molecule has 1 aliphatic carbocycles. The molecule has 1 aromatic heterocycles. The van der Waals surface area contributed by atoms with Crippen LogP contribution in [0.2, 0.25) is 0 Å². The van der Waals surface area contributed by atoms with Crippen LogP contribution in [0.5, 0.6) is 0 Å². The molecule has 2 aliphatic rings. The minimum atomic E-state index is -4.06. The van der Waals surface area contributed by atoms with Crippen LogP contribution in [-0.2, 0) is 45.7 Å². The SMILES string of the molecule is CC[C@H](C)[C@@H](C(=O)N[C@@H](Cc1ccccc1)[C@H](O)CN(CC1CCCC1)S(=O)(=O)c1ccc(CN=O)cc1)N1CCN(Cc2cccc(COC)n2)C1=O. The Bertz CT molecular complexity index is 1790. The number of carbonyl (C=O) groups excluding carboxylic acids is 2. The summed E-state index contributed by atoms with van der Waals surface area (Å²) in [5.74, 6) is -0.461. The summed E-state index contributed by atoms with van der Waals surface area (Å²) in [6, 6.07) is 19.2. The van der Waals surface area contributed by atoms with Gasteiger partial charge in [-0.3, -0.25) is 9.78 Å². The molecule has 3 aromatic rings. The van der Waals surface area contributed by atoms with Gasteiger partial charge in [0.25, 0.3) is 0 Å². The summed E-state index contributed by atoms with van der Waals surface area (Å²) in [7, 11) is -2.46. The third-order valence-corrected chi connectivity index (χ3v) is 12.5. The van der Waals surface area contributed by atoms with E-state index in [9.17, 15) is 28.0 Å². The predicted octanol–water partition coefficient (Wildman–Crippen LogP) is 5.12. The Morgan fingerprint density at radius 3 is 2.39 bits per heavy atom. The van der Waals surface area contributed by atoms with Crippen molar-refractivity contribution in [2.45, 2.75) is 95.2 Å². The van der Waals surface area contributed by atoms with Crippen molar-refractivity contribution in [2.24, 2.45) is 17.0 Å². The molecule has 1 aliphatic heterocycles. The summed E-state index contributed by atoms with van der Waals surface area (Å²) in [6.45, 7) is 5.25. The molecular formula is C40H54N6O7S. The second kappa shape index (κ2) is 19.4. The average molecular weight is 763 g/mol. The van der Waals surface area contributed by atoms with Gasteiger partial charge in [-0.25, -0.2) is 13.2 Å². The van der Waals surface area contributed by atoms with E-state index in [-0.39, 0.29) is 48.8 Å². The van der Waals surface area contributed by atoms with Crippen LogP contribution >= 0.6 is 0 Å². The van der Waals surface area contributed by atoms with E-state index in [0.29, 0.717) is 38.2 Å². The summed E-state index contributed by atoms with van der Waals surface area (Å²) in [5, 5.41) is 18.0. The number of hydrogen-bond donors (Lipinski definition) is 2. The number of nitrogens with one attached hydrogen (secondary N) is 1. The lowest BCUT2D eigenvalue weighted by Crippen LogP contribution is -2.57. The van der Waals surface area contributed by atoms with Crippen molar-refractivity contribution in [1.82, 2.24) is 24.4 Å². The minimum absolute atomic E-state index is 0.0561. The number of aromatic nitrogens is 1. The monoisotopic (exact) mass is 762 g/mol. The summed E-state index contributed by atoms with van der Waals surface area (Å²) in [4.78, 5) is 47.0. The van der Waals surface area contributed by atoms with E-state index in [1.165, 1.54) is 16.4 Å². The number of amides is 3. The number of pyridine rings is 1. The standard InChI is InChI=1S/C40H54N6O7S/c1-4-29(2)38(46-22-21-44(40(46)49)26-33-15-10-16-34(42-33)28-53-3)39(48)43-36(23-30-11-6-5-7-12-30)37(47)27-45(25-32-13-8-9-14-32)54(51,52)35-19-17-31(18-20-35)24-41-50/h5-7,10-12,15-20,29,32,36-38,47H,4,8-9,13-14,21-28H2,1-3H3,(H,43,48)/t29-,36-,37+,38-/m0/s1. The van der Waals surface area contributed by atoms with Crippen molar-refractivity contribution in [3.8, 4) is 0 Å². The number of urea groups is 1. The largest absolute Gasteiger partial charge is 0.390 e. The molecule has 0 radical (unpaired) electrons. The lowest BCUT2D eigenvalue weighted by atomic mass is 9.95. The highest BCUT2D eigenvalue weighted by Gasteiger charge is 2.41. The van der Waals surface area contributed by atoms with E-state index in [1.807, 2.05) is 62.4 Å². The summed E-state index contributed by atoms with van der Waals surface area (Å²) < 4.78 is 34.9. The zero-order valence-electron chi connectivity index (χ0n) is 31.5. The Morgan fingerprint density at radius 1 is 1.02 bits per heavy atom. The number of ether oxygens (including phenoxy) is 1. The van der Waals surface area contributed by atoms with Crippen LogP contribution in [0.3, 0.4) is 0 Å². The lowest BCUT2D eigenvalue weighted by molar-refractivity contribution is -0.128. The smallest absolute Gasteiger partial charge is 0.321 e. The summed E-state index contributed by atoms with van der Waals surface area (Å²) in [5.41, 5.74) is 2.94. The first kappa shape index (κ1) is 40.9. The second-order valence-corrected chi connectivity index (χ2v) is 16.5. The first-order valence-electron chi connectivity index (χ1n) is 18.9. The number of aliphatic hydroxyl groups is 1. The van der Waals surface area contributed by atoms with Crippen molar-refractivity contribution in [2.75, 3.05) is 33.3 Å². The molecule has 1 saturated heterocycles. The third-order valence-electron chi connectivity index (χ3n) is 10.6. The molecule has 1 saturated carbocycles. The number of benzene rings is 2. The minimum Gasteiger partial charge on any atom is -0.390 e. The third kappa shape index (κ3) is 10.5. The zero-order valence-corrected chi connectivity index (χ0v) is 32.4. The molecule has 3 amide bonds. The number of rotatable bonds is 20. The molecule has 4 atom stereocenters. The Balaban J connectivity index is 1.38. The molecule has 0 spiro atoms. The van der Waals surface area contributed by atoms with Gasteiger partial charge in [-0.2, -0.15) is 9.21 Å². The van der Waals surface area contributed by atoms with Crippen LogP contribution in [0, 0.1) is 16.7 Å². The van der Waals surface area contributed by atoms with E-state index in [4.69, 9.17) is 4.74 Å². The van der Waals surface area contributed by atoms with Gasteiger partial charge in [-0.1, -0.05) is 86.8 Å². The highest BCUT2D eigenvalue weighted by Crippen LogP contribution is 2.29. The number of sulfonamides is 1. The highest BCUT2D eigenvalue weighted by molar-refractivity contribution is 7.89. The number of nitrogens with zero attached hydrogens (tertiary/aromatic N) is 5. The highest BCUT2D eigenvalue weighted by atomic mass is 32.2. The van der Waals surface area contributed by atoms with Crippen molar-refractivity contribution in [3.05, 3.63) is 100 Å². The van der Waals surface area contributed by atoms with Gasteiger partial charge in [0.05, 0.1) is 41.6 Å². The van der Waals surface area contributed by atoms with Gasteiger partial charge in [-0.15, -0.1) is 0 Å². The van der Waals surface area contributed by atoms with Gasteiger partial charge < -0.3 is 25.0 Å². The van der Waals surface area contributed by atoms with Crippen molar-refractivity contribution >= 4 is 22.0 Å². The first-order valence-corrected chi connectivity index (χ1v) is 20.4. The van der Waals surface area contributed by atoms with E-state index in [0.717, 1.165) is 42.6 Å². The molecule has 2 heterocycles. The van der Waals surface area contributed by atoms with E-state index < -0.39 is 34.1 Å². The molecule has 5 rings (SSSR count). The van der Waals surface area contributed by atoms with Crippen LogP contribution in [0.1, 0.15) is 68.5 Å². The van der Waals surface area contributed by atoms with Crippen molar-refractivity contribution in [1.29, 1.82) is 0 Å². The Kier molecular flexibility index (Phi) is 14.7. The molecule has 2 fully saturated rings. The molecule has 14 heteroatoms. The fourth-order valence-electron chi connectivity index (χ4n) is 7.48. The van der Waals surface area contributed by atoms with Crippen LogP contribution in [0.25, 0.3) is 0 Å². The molecule has 54 heavy (non-hydrogen) atoms. The van der Waals surface area contributed by atoms with Gasteiger partial charge in [0.1, 0.15) is 12.6 Å². The Labute approximate surface area is 319 Å². The van der Waals surface area contributed by atoms with Crippen LogP contribution in [0.4, 0.5) is 4.79 Å². The topological polar surface area (TPSA) is 162 Å².